The predicted molar refractivity (Wildman–Crippen MR) is 77.1 cm³/mol. The number of rotatable bonds is 6. The largest absolute Gasteiger partial charge is 0.478 e. The molecule has 0 spiro atoms. The molecule has 0 aliphatic carbocycles. The fraction of sp³-hybridized carbons (Fsp3) is 0.462. The summed E-state index contributed by atoms with van der Waals surface area (Å²) in [6.07, 6.45) is 2.19. The molecule has 1 heterocycles. The van der Waals surface area contributed by atoms with Gasteiger partial charge in [0.25, 0.3) is 0 Å². The van der Waals surface area contributed by atoms with Crippen LogP contribution in [0.2, 0.25) is 0 Å². The van der Waals surface area contributed by atoms with Gasteiger partial charge in [0.1, 0.15) is 11.5 Å². The molecule has 0 aromatic carbocycles. The highest BCUT2D eigenvalue weighted by molar-refractivity contribution is 8.77. The lowest BCUT2D eigenvalue weighted by atomic mass is 10.1. The van der Waals surface area contributed by atoms with Crippen molar-refractivity contribution in [3.8, 4) is 0 Å². The van der Waals surface area contributed by atoms with Gasteiger partial charge in [-0.05, 0) is 33.3 Å². The Morgan fingerprint density at radius 3 is 2.67 bits per heavy atom. The molecule has 1 aromatic rings. The first-order chi connectivity index (χ1) is 8.43. The van der Waals surface area contributed by atoms with Gasteiger partial charge >= 0.3 is 5.97 Å². The van der Waals surface area contributed by atoms with E-state index in [1.807, 2.05) is 26.8 Å². The molecule has 100 valence electrons. The van der Waals surface area contributed by atoms with Crippen molar-refractivity contribution < 1.29 is 14.3 Å². The van der Waals surface area contributed by atoms with Gasteiger partial charge in [0.2, 0.25) is 0 Å². The van der Waals surface area contributed by atoms with Gasteiger partial charge in [-0.25, -0.2) is 4.79 Å². The minimum Gasteiger partial charge on any atom is -0.478 e. The molecule has 0 bridgehead atoms. The maximum absolute atomic E-state index is 10.7. The summed E-state index contributed by atoms with van der Waals surface area (Å²) in [4.78, 5) is 11.8. The molecule has 0 aliphatic rings. The van der Waals surface area contributed by atoms with Crippen molar-refractivity contribution in [3.63, 3.8) is 0 Å². The second-order valence-electron chi connectivity index (χ2n) is 4.08. The van der Waals surface area contributed by atoms with Gasteiger partial charge < -0.3 is 9.52 Å². The van der Waals surface area contributed by atoms with E-state index in [0.29, 0.717) is 0 Å². The molecule has 1 unspecified atom stereocenters. The van der Waals surface area contributed by atoms with Gasteiger partial charge in [-0.1, -0.05) is 34.1 Å². The maximum atomic E-state index is 10.7. The van der Waals surface area contributed by atoms with E-state index < -0.39 is 5.97 Å². The lowest BCUT2D eigenvalue weighted by Gasteiger charge is -2.13. The molecule has 5 heteroatoms. The number of furan rings is 1. The summed E-state index contributed by atoms with van der Waals surface area (Å²) in [6.45, 7) is 7.79. The van der Waals surface area contributed by atoms with E-state index in [0.717, 1.165) is 28.4 Å². The van der Waals surface area contributed by atoms with Crippen molar-refractivity contribution in [3.05, 3.63) is 29.2 Å². The van der Waals surface area contributed by atoms with Crippen molar-refractivity contribution in [2.45, 2.75) is 44.3 Å². The molecule has 1 atom stereocenters. The third-order valence-electron chi connectivity index (χ3n) is 2.48. The number of hydrogen-bond donors (Lipinski definition) is 1. The maximum Gasteiger partial charge on any atom is 0.328 e. The molecule has 18 heavy (non-hydrogen) atoms. The van der Waals surface area contributed by atoms with Crippen LogP contribution in [-0.4, -0.2) is 16.3 Å². The number of aliphatic carboxylic acids is 1. The molecule has 1 N–H and O–H groups in total. The van der Waals surface area contributed by atoms with Crippen LogP contribution in [0.15, 0.2) is 27.0 Å². The molecule has 0 radical (unpaired) electrons. The zero-order chi connectivity index (χ0) is 13.7. The van der Waals surface area contributed by atoms with E-state index in [1.165, 1.54) is 6.08 Å². The lowest BCUT2D eigenvalue weighted by molar-refractivity contribution is -0.131. The summed E-state index contributed by atoms with van der Waals surface area (Å²) in [7, 11) is 3.32. The van der Waals surface area contributed by atoms with E-state index in [4.69, 9.17) is 9.52 Å². The Morgan fingerprint density at radius 1 is 1.56 bits per heavy atom. The van der Waals surface area contributed by atoms with Gasteiger partial charge in [0, 0.05) is 11.3 Å². The van der Waals surface area contributed by atoms with Crippen LogP contribution in [-0.2, 0) is 4.79 Å². The van der Waals surface area contributed by atoms with Crippen molar-refractivity contribution in [1.29, 1.82) is 0 Å². The Kier molecular flexibility index (Phi) is 5.88. The van der Waals surface area contributed by atoms with Gasteiger partial charge in [-0.3, -0.25) is 0 Å². The third kappa shape index (κ3) is 4.46. The van der Waals surface area contributed by atoms with Crippen molar-refractivity contribution >= 4 is 27.6 Å². The second-order valence-corrected chi connectivity index (χ2v) is 6.53. The van der Waals surface area contributed by atoms with E-state index in [1.54, 1.807) is 21.6 Å². The fourth-order valence-corrected chi connectivity index (χ4v) is 4.52. The number of carbonyl (C=O) groups is 1. The summed E-state index contributed by atoms with van der Waals surface area (Å²) in [6, 6.07) is 2.01. The predicted octanol–water partition coefficient (Wildman–Crippen LogP) is 4.45. The third-order valence-corrected chi connectivity index (χ3v) is 5.62. The second kappa shape index (κ2) is 6.95. The van der Waals surface area contributed by atoms with E-state index in [9.17, 15) is 4.79 Å². The van der Waals surface area contributed by atoms with Crippen LogP contribution >= 0.6 is 21.6 Å². The number of carboxylic acid groups (broad SMARTS) is 1. The number of hydrogen-bond acceptors (Lipinski definition) is 4. The Bertz CT molecular complexity index is 449. The van der Waals surface area contributed by atoms with Crippen LogP contribution in [0.25, 0.3) is 0 Å². The molecule has 0 fully saturated rings. The van der Waals surface area contributed by atoms with E-state index in [2.05, 4.69) is 6.92 Å². The van der Waals surface area contributed by atoms with Crippen molar-refractivity contribution in [1.82, 2.24) is 0 Å². The molecular weight excluding hydrogens is 268 g/mol. The Labute approximate surface area is 115 Å². The van der Waals surface area contributed by atoms with Gasteiger partial charge in [-0.15, -0.1) is 0 Å². The normalized spacial score (nSPS) is 13.7. The smallest absolute Gasteiger partial charge is 0.328 e. The van der Waals surface area contributed by atoms with Crippen LogP contribution in [0.4, 0.5) is 0 Å². The van der Waals surface area contributed by atoms with Crippen LogP contribution < -0.4 is 0 Å². The van der Waals surface area contributed by atoms with Crippen LogP contribution in [0, 0.1) is 13.8 Å². The molecule has 0 amide bonds. The summed E-state index contributed by atoms with van der Waals surface area (Å²) in [5, 5.41) is 8.96. The first-order valence-corrected chi connectivity index (χ1v) is 7.96. The molecule has 0 saturated heterocycles. The minimum atomic E-state index is -0.883. The average Bonchev–Trinajstić information content (AvgIpc) is 2.57. The average molecular weight is 286 g/mol. The fourth-order valence-electron chi connectivity index (χ4n) is 1.55. The summed E-state index contributed by atoms with van der Waals surface area (Å²) >= 11 is 0. The van der Waals surface area contributed by atoms with Gasteiger partial charge in [0.15, 0.2) is 0 Å². The minimum absolute atomic E-state index is 0.209. The van der Waals surface area contributed by atoms with Gasteiger partial charge in [-0.2, -0.15) is 0 Å². The number of aryl methyl sites for hydroxylation is 2. The molecule has 0 aliphatic heterocycles. The number of carboxylic acids is 1. The van der Waals surface area contributed by atoms with Gasteiger partial charge in [0.05, 0.1) is 4.90 Å². The van der Waals surface area contributed by atoms with Crippen LogP contribution in [0.5, 0.6) is 0 Å². The first-order valence-electron chi connectivity index (χ1n) is 5.75. The van der Waals surface area contributed by atoms with Crippen molar-refractivity contribution in [2.75, 3.05) is 0 Å². The van der Waals surface area contributed by atoms with Crippen molar-refractivity contribution in [2.24, 2.45) is 0 Å². The monoisotopic (exact) mass is 286 g/mol. The van der Waals surface area contributed by atoms with E-state index in [-0.39, 0.29) is 5.25 Å². The van der Waals surface area contributed by atoms with E-state index >= 15 is 0 Å². The lowest BCUT2D eigenvalue weighted by Crippen LogP contribution is -2.03. The molecule has 1 rings (SSSR count). The summed E-state index contributed by atoms with van der Waals surface area (Å²) in [5.74, 6) is 0.938. The zero-order valence-electron chi connectivity index (χ0n) is 11.0. The molecular formula is C13H18O3S2. The summed E-state index contributed by atoms with van der Waals surface area (Å²) in [5.41, 5.74) is 0.889. The Balaban J connectivity index is 2.65. The standard InChI is InChI=1S/C13H18O3S2/c1-5-11(8(2)6-13(14)15)17-18-12-7-9(3)16-10(12)4/h6-7,11H,5H2,1-4H3,(H,14,15)/b8-6-. The van der Waals surface area contributed by atoms with Crippen LogP contribution in [0.3, 0.4) is 0 Å². The Morgan fingerprint density at radius 2 is 2.22 bits per heavy atom. The van der Waals surface area contributed by atoms with Crippen LogP contribution in [0.1, 0.15) is 31.8 Å². The quantitative estimate of drug-likeness (QED) is 0.618. The first kappa shape index (κ1) is 15.2. The topological polar surface area (TPSA) is 50.4 Å². The summed E-state index contributed by atoms with van der Waals surface area (Å²) < 4.78 is 5.46. The highest BCUT2D eigenvalue weighted by Gasteiger charge is 2.13. The Hall–Kier alpha value is -0.810. The molecule has 1 aromatic heterocycles. The highest BCUT2D eigenvalue weighted by Crippen LogP contribution is 2.40. The molecule has 0 saturated carbocycles. The zero-order valence-corrected chi connectivity index (χ0v) is 12.7. The molecule has 3 nitrogen and oxygen atoms in total. The highest BCUT2D eigenvalue weighted by atomic mass is 33.1. The SMILES string of the molecule is CCC(SSc1cc(C)oc1C)/C(C)=C\C(=O)O.